The van der Waals surface area contributed by atoms with Crippen LogP contribution in [-0.2, 0) is 7.05 Å². The van der Waals surface area contributed by atoms with Crippen molar-refractivity contribution < 1.29 is 4.79 Å². The minimum absolute atomic E-state index is 0.166. The monoisotopic (exact) mass is 252 g/mol. The number of hydrogen-bond donors (Lipinski definition) is 1. The summed E-state index contributed by atoms with van der Waals surface area (Å²) < 4.78 is 1.73. The first-order valence-corrected chi connectivity index (χ1v) is 5.87. The van der Waals surface area contributed by atoms with Gasteiger partial charge in [-0.25, -0.2) is 0 Å². The Kier molecular flexibility index (Phi) is 2.72. The molecule has 5 nitrogen and oxygen atoms in total. The topological polar surface area (TPSA) is 59.8 Å². The molecule has 5 heteroatoms. The summed E-state index contributed by atoms with van der Waals surface area (Å²) in [6.45, 7) is 0. The number of pyridine rings is 1. The van der Waals surface area contributed by atoms with Crippen molar-refractivity contribution in [1.82, 2.24) is 14.8 Å². The molecule has 0 fully saturated rings. The van der Waals surface area contributed by atoms with Gasteiger partial charge >= 0.3 is 0 Å². The molecule has 1 N–H and O–H groups in total. The van der Waals surface area contributed by atoms with E-state index in [1.165, 1.54) is 0 Å². The SMILES string of the molecule is Cn1cc2ccc(C(=O)Nc3cccnc3)cc2n1. The van der Waals surface area contributed by atoms with Gasteiger partial charge in [0.1, 0.15) is 0 Å². The smallest absolute Gasteiger partial charge is 0.255 e. The maximum atomic E-state index is 12.1. The Balaban J connectivity index is 1.89. The van der Waals surface area contributed by atoms with E-state index in [9.17, 15) is 4.79 Å². The first kappa shape index (κ1) is 11.4. The van der Waals surface area contributed by atoms with Crippen molar-refractivity contribution in [3.05, 3.63) is 54.5 Å². The van der Waals surface area contributed by atoms with Gasteiger partial charge in [0, 0.05) is 30.4 Å². The number of fused-ring (bicyclic) bond motifs is 1. The lowest BCUT2D eigenvalue weighted by Gasteiger charge is -2.04. The van der Waals surface area contributed by atoms with Crippen LogP contribution in [0.15, 0.2) is 48.9 Å². The number of carbonyl (C=O) groups is 1. The van der Waals surface area contributed by atoms with Gasteiger partial charge in [0.15, 0.2) is 0 Å². The molecule has 0 spiro atoms. The predicted molar refractivity (Wildman–Crippen MR) is 72.9 cm³/mol. The molecule has 0 saturated heterocycles. The zero-order valence-electron chi connectivity index (χ0n) is 10.4. The highest BCUT2D eigenvalue weighted by Crippen LogP contribution is 2.15. The number of nitrogens with zero attached hydrogens (tertiary/aromatic N) is 3. The molecular formula is C14H12N4O. The normalized spacial score (nSPS) is 10.6. The van der Waals surface area contributed by atoms with Gasteiger partial charge in [0.2, 0.25) is 0 Å². The van der Waals surface area contributed by atoms with E-state index >= 15 is 0 Å². The number of rotatable bonds is 2. The Labute approximate surface area is 109 Å². The Morgan fingerprint density at radius 3 is 3.00 bits per heavy atom. The van der Waals surface area contributed by atoms with Crippen LogP contribution in [0, 0.1) is 0 Å². The molecule has 0 aliphatic heterocycles. The van der Waals surface area contributed by atoms with E-state index in [1.54, 1.807) is 41.3 Å². The second-order valence-corrected chi connectivity index (χ2v) is 4.27. The van der Waals surface area contributed by atoms with Crippen LogP contribution in [0.25, 0.3) is 10.9 Å². The molecule has 3 rings (SSSR count). The zero-order chi connectivity index (χ0) is 13.2. The Hall–Kier alpha value is -2.69. The summed E-state index contributed by atoms with van der Waals surface area (Å²) in [7, 11) is 1.86. The average Bonchev–Trinajstić information content (AvgIpc) is 2.78. The highest BCUT2D eigenvalue weighted by atomic mass is 16.1. The van der Waals surface area contributed by atoms with Crippen LogP contribution in [0.5, 0.6) is 0 Å². The van der Waals surface area contributed by atoms with Crippen LogP contribution in [0.3, 0.4) is 0 Å². The first-order valence-electron chi connectivity index (χ1n) is 5.87. The molecule has 0 radical (unpaired) electrons. The third-order valence-corrected chi connectivity index (χ3v) is 2.80. The third-order valence-electron chi connectivity index (χ3n) is 2.80. The molecule has 19 heavy (non-hydrogen) atoms. The summed E-state index contributed by atoms with van der Waals surface area (Å²) >= 11 is 0. The summed E-state index contributed by atoms with van der Waals surface area (Å²) in [6, 6.07) is 9.03. The second kappa shape index (κ2) is 4.53. The number of nitrogens with one attached hydrogen (secondary N) is 1. The summed E-state index contributed by atoms with van der Waals surface area (Å²) in [5.74, 6) is -0.166. The first-order chi connectivity index (χ1) is 9.22. The Bertz CT molecular complexity index is 734. The minimum atomic E-state index is -0.166. The van der Waals surface area contributed by atoms with Crippen molar-refractivity contribution in [2.24, 2.45) is 7.05 Å². The van der Waals surface area contributed by atoms with E-state index in [1.807, 2.05) is 19.3 Å². The van der Waals surface area contributed by atoms with Crippen LogP contribution in [0.2, 0.25) is 0 Å². The molecular weight excluding hydrogens is 240 g/mol. The number of amides is 1. The third kappa shape index (κ3) is 2.30. The number of carbonyl (C=O) groups excluding carboxylic acids is 1. The summed E-state index contributed by atoms with van der Waals surface area (Å²) in [6.07, 6.45) is 5.19. The summed E-state index contributed by atoms with van der Waals surface area (Å²) in [4.78, 5) is 16.0. The summed E-state index contributed by atoms with van der Waals surface area (Å²) in [5.41, 5.74) is 2.06. The van der Waals surface area contributed by atoms with E-state index in [4.69, 9.17) is 0 Å². The van der Waals surface area contributed by atoms with Crippen molar-refractivity contribution >= 4 is 22.5 Å². The fraction of sp³-hybridized carbons (Fsp3) is 0.0714. The van der Waals surface area contributed by atoms with Crippen LogP contribution in [-0.4, -0.2) is 20.7 Å². The fourth-order valence-corrected chi connectivity index (χ4v) is 1.92. The van der Waals surface area contributed by atoms with Gasteiger partial charge in [-0.3, -0.25) is 14.5 Å². The lowest BCUT2D eigenvalue weighted by atomic mass is 10.1. The lowest BCUT2D eigenvalue weighted by Crippen LogP contribution is -2.11. The summed E-state index contributed by atoms with van der Waals surface area (Å²) in [5, 5.41) is 8.10. The molecule has 3 aromatic rings. The van der Waals surface area contributed by atoms with Crippen LogP contribution in [0.4, 0.5) is 5.69 Å². The van der Waals surface area contributed by atoms with E-state index in [0.29, 0.717) is 11.3 Å². The highest BCUT2D eigenvalue weighted by Gasteiger charge is 2.08. The van der Waals surface area contributed by atoms with E-state index in [-0.39, 0.29) is 5.91 Å². The van der Waals surface area contributed by atoms with Crippen LogP contribution in [0.1, 0.15) is 10.4 Å². The molecule has 2 heterocycles. The highest BCUT2D eigenvalue weighted by molar-refractivity contribution is 6.05. The zero-order valence-corrected chi connectivity index (χ0v) is 10.4. The van der Waals surface area contributed by atoms with Crippen LogP contribution >= 0.6 is 0 Å². The number of hydrogen-bond acceptors (Lipinski definition) is 3. The van der Waals surface area contributed by atoms with E-state index in [2.05, 4.69) is 15.4 Å². The largest absolute Gasteiger partial charge is 0.321 e. The molecule has 0 saturated carbocycles. The van der Waals surface area contributed by atoms with Crippen molar-refractivity contribution in [2.75, 3.05) is 5.32 Å². The Morgan fingerprint density at radius 2 is 2.21 bits per heavy atom. The maximum Gasteiger partial charge on any atom is 0.255 e. The van der Waals surface area contributed by atoms with Gasteiger partial charge in [-0.05, 0) is 24.3 Å². The molecule has 94 valence electrons. The molecule has 0 atom stereocenters. The molecule has 1 amide bonds. The number of aromatic nitrogens is 3. The average molecular weight is 252 g/mol. The quantitative estimate of drug-likeness (QED) is 0.760. The molecule has 0 bridgehead atoms. The standard InChI is InChI=1S/C14H12N4O/c1-18-9-11-5-4-10(7-13(11)17-18)14(19)16-12-3-2-6-15-8-12/h2-9H,1H3,(H,16,19). The van der Waals surface area contributed by atoms with Crippen LogP contribution < -0.4 is 5.32 Å². The van der Waals surface area contributed by atoms with Gasteiger partial charge in [0.25, 0.3) is 5.91 Å². The van der Waals surface area contributed by atoms with Crippen molar-refractivity contribution in [3.63, 3.8) is 0 Å². The van der Waals surface area contributed by atoms with Gasteiger partial charge in [-0.1, -0.05) is 6.07 Å². The number of anilines is 1. The number of aryl methyl sites for hydroxylation is 1. The van der Waals surface area contributed by atoms with Gasteiger partial charge < -0.3 is 5.32 Å². The van der Waals surface area contributed by atoms with E-state index in [0.717, 1.165) is 10.9 Å². The molecule has 1 aromatic carbocycles. The lowest BCUT2D eigenvalue weighted by molar-refractivity contribution is 0.102. The predicted octanol–water partition coefficient (Wildman–Crippen LogP) is 2.22. The van der Waals surface area contributed by atoms with Crippen molar-refractivity contribution in [3.8, 4) is 0 Å². The maximum absolute atomic E-state index is 12.1. The molecule has 0 aliphatic rings. The van der Waals surface area contributed by atoms with Gasteiger partial charge in [-0.2, -0.15) is 5.10 Å². The second-order valence-electron chi connectivity index (χ2n) is 4.27. The molecule has 0 aliphatic carbocycles. The minimum Gasteiger partial charge on any atom is -0.321 e. The Morgan fingerprint density at radius 1 is 1.32 bits per heavy atom. The van der Waals surface area contributed by atoms with Crippen molar-refractivity contribution in [1.29, 1.82) is 0 Å². The van der Waals surface area contributed by atoms with Crippen molar-refractivity contribution in [2.45, 2.75) is 0 Å². The fourth-order valence-electron chi connectivity index (χ4n) is 1.92. The number of benzene rings is 1. The van der Waals surface area contributed by atoms with Gasteiger partial charge in [0.05, 0.1) is 17.4 Å². The molecule has 2 aromatic heterocycles. The molecule has 0 unspecified atom stereocenters. The van der Waals surface area contributed by atoms with E-state index < -0.39 is 0 Å². The van der Waals surface area contributed by atoms with Gasteiger partial charge in [-0.15, -0.1) is 0 Å².